The van der Waals surface area contributed by atoms with Crippen LogP contribution in [0.4, 0.5) is 0 Å². The Morgan fingerprint density at radius 2 is 1.89 bits per heavy atom. The largest absolute Gasteiger partial charge is 0.327 e. The van der Waals surface area contributed by atoms with Crippen molar-refractivity contribution < 1.29 is 0 Å². The molecule has 0 fully saturated rings. The van der Waals surface area contributed by atoms with E-state index in [-0.39, 0.29) is 6.04 Å². The third-order valence-corrected chi connectivity index (χ3v) is 3.25. The summed E-state index contributed by atoms with van der Waals surface area (Å²) >= 11 is 3.42. The standard InChI is InChI=1S/C14H16BrN3/c15-13-7-12(9-18-10-13)8-14(16)2-1-11-3-5-17-6-4-11/h3-7,9-10,14H,1-2,8,16H2. The van der Waals surface area contributed by atoms with Crippen LogP contribution in [0.15, 0.2) is 47.5 Å². The van der Waals surface area contributed by atoms with Crippen LogP contribution >= 0.6 is 15.9 Å². The highest BCUT2D eigenvalue weighted by molar-refractivity contribution is 9.10. The van der Waals surface area contributed by atoms with Gasteiger partial charge in [-0.2, -0.15) is 0 Å². The van der Waals surface area contributed by atoms with Gasteiger partial charge in [-0.05, 0) is 64.5 Å². The molecule has 0 aromatic carbocycles. The molecule has 2 N–H and O–H groups in total. The summed E-state index contributed by atoms with van der Waals surface area (Å²) in [5, 5.41) is 0. The Balaban J connectivity index is 1.84. The average Bonchev–Trinajstić information content (AvgIpc) is 2.38. The smallest absolute Gasteiger partial charge is 0.0410 e. The molecular weight excluding hydrogens is 290 g/mol. The van der Waals surface area contributed by atoms with Crippen LogP contribution in [0.25, 0.3) is 0 Å². The van der Waals surface area contributed by atoms with Crippen LogP contribution in [0.3, 0.4) is 0 Å². The van der Waals surface area contributed by atoms with Gasteiger partial charge in [0, 0.05) is 35.3 Å². The molecule has 0 spiro atoms. The second-order valence-corrected chi connectivity index (χ2v) is 5.29. The van der Waals surface area contributed by atoms with E-state index < -0.39 is 0 Å². The number of halogens is 1. The summed E-state index contributed by atoms with van der Waals surface area (Å²) in [6, 6.07) is 6.30. The topological polar surface area (TPSA) is 51.8 Å². The lowest BCUT2D eigenvalue weighted by molar-refractivity contribution is 0.609. The van der Waals surface area contributed by atoms with Crippen molar-refractivity contribution >= 4 is 15.9 Å². The summed E-state index contributed by atoms with van der Waals surface area (Å²) in [4.78, 5) is 8.15. The van der Waals surface area contributed by atoms with Crippen molar-refractivity contribution in [2.75, 3.05) is 0 Å². The molecule has 1 atom stereocenters. The zero-order valence-corrected chi connectivity index (χ0v) is 11.7. The summed E-state index contributed by atoms with van der Waals surface area (Å²) < 4.78 is 1.00. The lowest BCUT2D eigenvalue weighted by Gasteiger charge is -2.11. The van der Waals surface area contributed by atoms with Gasteiger partial charge in [-0.25, -0.2) is 0 Å². The zero-order valence-electron chi connectivity index (χ0n) is 10.1. The van der Waals surface area contributed by atoms with Gasteiger partial charge in [0.2, 0.25) is 0 Å². The third-order valence-electron chi connectivity index (χ3n) is 2.81. The van der Waals surface area contributed by atoms with Crippen LogP contribution in [0.2, 0.25) is 0 Å². The Kier molecular flexibility index (Phi) is 4.84. The lowest BCUT2D eigenvalue weighted by Crippen LogP contribution is -2.23. The van der Waals surface area contributed by atoms with Crippen LogP contribution < -0.4 is 5.73 Å². The van der Waals surface area contributed by atoms with E-state index >= 15 is 0 Å². The van der Waals surface area contributed by atoms with Crippen molar-refractivity contribution in [3.63, 3.8) is 0 Å². The predicted molar refractivity (Wildman–Crippen MR) is 76.2 cm³/mol. The summed E-state index contributed by atoms with van der Waals surface area (Å²) in [6.45, 7) is 0. The van der Waals surface area contributed by atoms with Crippen molar-refractivity contribution in [1.82, 2.24) is 9.97 Å². The second kappa shape index (κ2) is 6.61. The van der Waals surface area contributed by atoms with Gasteiger partial charge in [-0.1, -0.05) is 0 Å². The maximum Gasteiger partial charge on any atom is 0.0410 e. The first-order chi connectivity index (χ1) is 8.74. The van der Waals surface area contributed by atoms with Crippen LogP contribution in [-0.4, -0.2) is 16.0 Å². The molecule has 18 heavy (non-hydrogen) atoms. The molecule has 0 saturated carbocycles. The number of rotatable bonds is 5. The second-order valence-electron chi connectivity index (χ2n) is 4.37. The fourth-order valence-electron chi connectivity index (χ4n) is 1.87. The molecule has 0 saturated heterocycles. The Hall–Kier alpha value is -1.26. The maximum absolute atomic E-state index is 6.14. The molecule has 1 unspecified atom stereocenters. The van der Waals surface area contributed by atoms with E-state index in [4.69, 9.17) is 5.73 Å². The van der Waals surface area contributed by atoms with Crippen molar-refractivity contribution in [2.24, 2.45) is 5.73 Å². The number of nitrogens with zero attached hydrogens (tertiary/aromatic N) is 2. The highest BCUT2D eigenvalue weighted by Gasteiger charge is 2.05. The van der Waals surface area contributed by atoms with E-state index in [1.165, 1.54) is 11.1 Å². The van der Waals surface area contributed by atoms with Crippen LogP contribution in [0, 0.1) is 0 Å². The molecule has 94 valence electrons. The quantitative estimate of drug-likeness (QED) is 0.924. The SMILES string of the molecule is NC(CCc1ccncc1)Cc1cncc(Br)c1. The third kappa shape index (κ3) is 4.20. The number of hydrogen-bond donors (Lipinski definition) is 1. The zero-order chi connectivity index (χ0) is 12.8. The van der Waals surface area contributed by atoms with Crippen molar-refractivity contribution in [3.05, 3.63) is 58.6 Å². The van der Waals surface area contributed by atoms with Gasteiger partial charge in [0.1, 0.15) is 0 Å². The monoisotopic (exact) mass is 305 g/mol. The minimum absolute atomic E-state index is 0.161. The first-order valence-corrected chi connectivity index (χ1v) is 6.77. The summed E-state index contributed by atoms with van der Waals surface area (Å²) in [5.41, 5.74) is 8.60. The van der Waals surface area contributed by atoms with Gasteiger partial charge in [0.05, 0.1) is 0 Å². The predicted octanol–water partition coefficient (Wildman–Crippen LogP) is 2.74. The van der Waals surface area contributed by atoms with E-state index in [2.05, 4.69) is 32.0 Å². The number of aryl methyl sites for hydroxylation is 1. The highest BCUT2D eigenvalue weighted by atomic mass is 79.9. The summed E-state index contributed by atoms with van der Waals surface area (Å²) in [7, 11) is 0. The van der Waals surface area contributed by atoms with Gasteiger partial charge in [-0.3, -0.25) is 9.97 Å². The number of nitrogens with two attached hydrogens (primary N) is 1. The van der Waals surface area contributed by atoms with Gasteiger partial charge in [0.25, 0.3) is 0 Å². The molecule has 0 aliphatic carbocycles. The van der Waals surface area contributed by atoms with E-state index in [0.717, 1.165) is 23.7 Å². The minimum atomic E-state index is 0.161. The molecule has 2 aromatic rings. The van der Waals surface area contributed by atoms with Crippen molar-refractivity contribution in [3.8, 4) is 0 Å². The van der Waals surface area contributed by atoms with Gasteiger partial charge >= 0.3 is 0 Å². The molecule has 3 nitrogen and oxygen atoms in total. The number of hydrogen-bond acceptors (Lipinski definition) is 3. The van der Waals surface area contributed by atoms with E-state index in [1.807, 2.05) is 30.7 Å². The van der Waals surface area contributed by atoms with E-state index in [1.54, 1.807) is 6.20 Å². The van der Waals surface area contributed by atoms with Crippen molar-refractivity contribution in [2.45, 2.75) is 25.3 Å². The Bertz CT molecular complexity index is 487. The first-order valence-electron chi connectivity index (χ1n) is 5.98. The lowest BCUT2D eigenvalue weighted by atomic mass is 10.0. The fraction of sp³-hybridized carbons (Fsp3) is 0.286. The average molecular weight is 306 g/mol. The molecule has 0 bridgehead atoms. The summed E-state index contributed by atoms with van der Waals surface area (Å²) in [6.07, 6.45) is 10.1. The van der Waals surface area contributed by atoms with Gasteiger partial charge < -0.3 is 5.73 Å². The molecule has 0 amide bonds. The van der Waals surface area contributed by atoms with E-state index in [0.29, 0.717) is 0 Å². The molecule has 0 aliphatic heterocycles. The first kappa shape index (κ1) is 13.2. The Labute approximate surface area is 116 Å². The molecule has 0 aliphatic rings. The molecule has 2 aromatic heterocycles. The van der Waals surface area contributed by atoms with Gasteiger partial charge in [0.15, 0.2) is 0 Å². The molecule has 2 heterocycles. The summed E-state index contributed by atoms with van der Waals surface area (Å²) in [5.74, 6) is 0. The van der Waals surface area contributed by atoms with Crippen LogP contribution in [0.5, 0.6) is 0 Å². The fourth-order valence-corrected chi connectivity index (χ4v) is 2.29. The number of pyridine rings is 2. The molecule has 4 heteroatoms. The normalized spacial score (nSPS) is 12.3. The van der Waals surface area contributed by atoms with Gasteiger partial charge in [-0.15, -0.1) is 0 Å². The van der Waals surface area contributed by atoms with Crippen LogP contribution in [-0.2, 0) is 12.8 Å². The van der Waals surface area contributed by atoms with Crippen LogP contribution in [0.1, 0.15) is 17.5 Å². The molecule has 0 radical (unpaired) electrons. The molecular formula is C14H16BrN3. The van der Waals surface area contributed by atoms with Crippen molar-refractivity contribution in [1.29, 1.82) is 0 Å². The van der Waals surface area contributed by atoms with E-state index in [9.17, 15) is 0 Å². The number of aromatic nitrogens is 2. The molecule has 2 rings (SSSR count). The Morgan fingerprint density at radius 3 is 2.61 bits per heavy atom. The minimum Gasteiger partial charge on any atom is -0.327 e. The maximum atomic E-state index is 6.14. The highest BCUT2D eigenvalue weighted by Crippen LogP contribution is 2.12. The Morgan fingerprint density at radius 1 is 1.11 bits per heavy atom.